The van der Waals surface area contributed by atoms with Gasteiger partial charge < -0.3 is 14.2 Å². The lowest BCUT2D eigenvalue weighted by molar-refractivity contribution is -0.120. The molecule has 3 heterocycles. The molecule has 29 heavy (non-hydrogen) atoms. The van der Waals surface area contributed by atoms with Crippen LogP contribution in [0.25, 0.3) is 21.9 Å². The number of hydrogen-bond acceptors (Lipinski definition) is 6. The van der Waals surface area contributed by atoms with Crippen LogP contribution < -0.4 is 10.9 Å². The number of amides is 1. The minimum absolute atomic E-state index is 0.172. The molecule has 0 fully saturated rings. The summed E-state index contributed by atoms with van der Waals surface area (Å²) in [5.74, 6) is 0.172. The van der Waals surface area contributed by atoms with Crippen LogP contribution >= 0.6 is 0 Å². The van der Waals surface area contributed by atoms with Crippen molar-refractivity contribution in [1.82, 2.24) is 5.32 Å². The summed E-state index contributed by atoms with van der Waals surface area (Å²) in [6, 6.07) is 1.22. The number of benzene rings is 1. The van der Waals surface area contributed by atoms with Crippen LogP contribution in [-0.2, 0) is 21.1 Å². The molecule has 152 valence electrons. The summed E-state index contributed by atoms with van der Waals surface area (Å²) in [6.45, 7) is 7.56. The first-order valence-electron chi connectivity index (χ1n) is 9.23. The first-order valence-corrected chi connectivity index (χ1v) is 10.9. The van der Waals surface area contributed by atoms with Crippen molar-refractivity contribution in [2.24, 2.45) is 0 Å². The Kier molecular flexibility index (Phi) is 4.42. The van der Waals surface area contributed by atoms with E-state index in [-0.39, 0.29) is 17.7 Å². The summed E-state index contributed by atoms with van der Waals surface area (Å²) in [4.78, 5) is 25.0. The Bertz CT molecular complexity index is 1370. The number of hydrogen-bond donors (Lipinski definition) is 1. The molecular formula is C21H21NO6S. The molecule has 1 atom stereocenters. The van der Waals surface area contributed by atoms with Gasteiger partial charge in [-0.2, -0.15) is 0 Å². The molecule has 0 bridgehead atoms. The summed E-state index contributed by atoms with van der Waals surface area (Å²) in [5.41, 5.74) is 3.31. The number of furan rings is 1. The van der Waals surface area contributed by atoms with Gasteiger partial charge in [0.15, 0.2) is 9.84 Å². The average molecular weight is 415 g/mol. The molecule has 0 saturated heterocycles. The summed E-state index contributed by atoms with van der Waals surface area (Å²) in [7, 11) is -3.28. The third-order valence-corrected chi connectivity index (χ3v) is 6.89. The van der Waals surface area contributed by atoms with Crippen molar-refractivity contribution >= 4 is 37.7 Å². The lowest BCUT2D eigenvalue weighted by atomic mass is 9.98. The number of aryl methyl sites for hydroxylation is 4. The second-order valence-electron chi connectivity index (χ2n) is 7.56. The van der Waals surface area contributed by atoms with Crippen molar-refractivity contribution < 1.29 is 22.0 Å². The quantitative estimate of drug-likeness (QED) is 0.659. The van der Waals surface area contributed by atoms with Gasteiger partial charge in [-0.15, -0.1) is 0 Å². The van der Waals surface area contributed by atoms with Crippen molar-refractivity contribution in [2.75, 3.05) is 5.75 Å². The minimum Gasteiger partial charge on any atom is -0.460 e. The predicted octanol–water partition coefficient (Wildman–Crippen LogP) is 2.74. The molecule has 1 N–H and O–H groups in total. The van der Waals surface area contributed by atoms with Gasteiger partial charge in [-0.1, -0.05) is 0 Å². The summed E-state index contributed by atoms with van der Waals surface area (Å²) in [6.07, 6.45) is 1.23. The molecule has 0 spiro atoms. The van der Waals surface area contributed by atoms with Gasteiger partial charge in [0.2, 0.25) is 5.91 Å². The summed E-state index contributed by atoms with van der Waals surface area (Å²) in [5, 5.41) is 5.38. The van der Waals surface area contributed by atoms with Crippen molar-refractivity contribution in [3.63, 3.8) is 0 Å². The number of nitrogens with one attached hydrogen (secondary N) is 1. The molecule has 1 aliphatic rings. The lowest BCUT2D eigenvalue weighted by Crippen LogP contribution is -2.37. The van der Waals surface area contributed by atoms with E-state index < -0.39 is 27.4 Å². The fraction of sp³-hybridized carbons (Fsp3) is 0.333. The first-order chi connectivity index (χ1) is 13.6. The summed E-state index contributed by atoms with van der Waals surface area (Å²) >= 11 is 0. The van der Waals surface area contributed by atoms with Gasteiger partial charge in [-0.3, -0.25) is 4.79 Å². The first kappa shape index (κ1) is 19.4. The highest BCUT2D eigenvalue weighted by Gasteiger charge is 2.25. The van der Waals surface area contributed by atoms with Crippen molar-refractivity contribution in [3.05, 3.63) is 56.0 Å². The van der Waals surface area contributed by atoms with E-state index in [4.69, 9.17) is 8.83 Å². The number of carbonyl (C=O) groups is 1. The molecule has 1 aliphatic heterocycles. The smallest absolute Gasteiger partial charge is 0.340 e. The molecule has 0 unspecified atom stereocenters. The van der Waals surface area contributed by atoms with E-state index >= 15 is 0 Å². The van der Waals surface area contributed by atoms with Gasteiger partial charge in [0.05, 0.1) is 29.2 Å². The van der Waals surface area contributed by atoms with Crippen LogP contribution in [0.3, 0.4) is 0 Å². The standard InChI is InChI=1S/C21H21NO6S/c1-10-7-16-19(20-18(10)11(2)13(4)27-20)12(3)15(21(24)28-16)8-17(23)22-14-5-6-29(25,26)9-14/h5-7,14H,8-9H2,1-4H3,(H,22,23)/t14-/m0/s1. The normalized spacial score (nSPS) is 18.0. The Morgan fingerprint density at radius 3 is 2.52 bits per heavy atom. The van der Waals surface area contributed by atoms with E-state index in [0.29, 0.717) is 22.1 Å². The fourth-order valence-corrected chi connectivity index (χ4v) is 5.16. The molecule has 7 nitrogen and oxygen atoms in total. The molecule has 8 heteroatoms. The van der Waals surface area contributed by atoms with Crippen molar-refractivity contribution in [1.29, 1.82) is 0 Å². The van der Waals surface area contributed by atoms with Gasteiger partial charge in [-0.25, -0.2) is 13.2 Å². The van der Waals surface area contributed by atoms with Crippen LogP contribution in [-0.4, -0.2) is 26.1 Å². The molecule has 4 rings (SSSR count). The van der Waals surface area contributed by atoms with Crippen LogP contribution in [0.15, 0.2) is 31.2 Å². The molecule has 1 amide bonds. The van der Waals surface area contributed by atoms with Gasteiger partial charge >= 0.3 is 5.63 Å². The molecule has 0 aliphatic carbocycles. The Morgan fingerprint density at radius 2 is 1.86 bits per heavy atom. The number of carbonyl (C=O) groups excluding carboxylic acids is 1. The van der Waals surface area contributed by atoms with Crippen molar-refractivity contribution in [2.45, 2.75) is 40.2 Å². The largest absolute Gasteiger partial charge is 0.460 e. The van der Waals surface area contributed by atoms with Gasteiger partial charge in [0.25, 0.3) is 0 Å². The second-order valence-corrected chi connectivity index (χ2v) is 9.49. The molecule has 0 radical (unpaired) electrons. The molecular weight excluding hydrogens is 394 g/mol. The van der Waals surface area contributed by atoms with E-state index in [1.54, 1.807) is 6.92 Å². The Balaban J connectivity index is 1.77. The van der Waals surface area contributed by atoms with Crippen LogP contribution in [0.2, 0.25) is 0 Å². The topological polar surface area (TPSA) is 107 Å². The Labute approximate surface area is 167 Å². The molecule has 0 saturated carbocycles. The third-order valence-electron chi connectivity index (χ3n) is 5.49. The minimum atomic E-state index is -3.28. The average Bonchev–Trinajstić information content (AvgIpc) is 3.10. The SMILES string of the molecule is Cc1oc2c(c(C)cc3oc(=O)c(CC(=O)N[C@H]4C=CS(=O)(=O)C4)c(C)c32)c1C. The maximum absolute atomic E-state index is 12.6. The monoisotopic (exact) mass is 415 g/mol. The van der Waals surface area contributed by atoms with Crippen LogP contribution in [0, 0.1) is 27.7 Å². The molecule has 1 aromatic carbocycles. The lowest BCUT2D eigenvalue weighted by Gasteiger charge is -2.12. The zero-order chi connectivity index (χ0) is 21.1. The van der Waals surface area contributed by atoms with E-state index in [1.165, 1.54) is 6.08 Å². The second kappa shape index (κ2) is 6.59. The fourth-order valence-electron chi connectivity index (χ4n) is 3.92. The van der Waals surface area contributed by atoms with Crippen LogP contribution in [0.5, 0.6) is 0 Å². The zero-order valence-corrected chi connectivity index (χ0v) is 17.4. The van der Waals surface area contributed by atoms with Gasteiger partial charge in [-0.05, 0) is 56.5 Å². The highest BCUT2D eigenvalue weighted by atomic mass is 32.2. The van der Waals surface area contributed by atoms with E-state index in [9.17, 15) is 18.0 Å². The molecule has 2 aromatic heterocycles. The highest BCUT2D eigenvalue weighted by Crippen LogP contribution is 2.36. The number of rotatable bonds is 3. The van der Waals surface area contributed by atoms with Gasteiger partial charge in [0, 0.05) is 10.8 Å². The Hall–Kier alpha value is -2.87. The van der Waals surface area contributed by atoms with Crippen LogP contribution in [0.4, 0.5) is 0 Å². The van der Waals surface area contributed by atoms with E-state index in [2.05, 4.69) is 5.32 Å². The van der Waals surface area contributed by atoms with E-state index in [1.807, 2.05) is 26.8 Å². The summed E-state index contributed by atoms with van der Waals surface area (Å²) < 4.78 is 34.5. The van der Waals surface area contributed by atoms with Gasteiger partial charge in [0.1, 0.15) is 16.9 Å². The number of sulfone groups is 1. The predicted molar refractivity (Wildman–Crippen MR) is 110 cm³/mol. The highest BCUT2D eigenvalue weighted by molar-refractivity contribution is 7.94. The Morgan fingerprint density at radius 1 is 1.14 bits per heavy atom. The molecule has 3 aromatic rings. The third kappa shape index (κ3) is 3.27. The maximum Gasteiger partial charge on any atom is 0.340 e. The zero-order valence-electron chi connectivity index (χ0n) is 16.6. The van der Waals surface area contributed by atoms with E-state index in [0.717, 1.165) is 27.7 Å². The maximum atomic E-state index is 12.6. The van der Waals surface area contributed by atoms with Crippen molar-refractivity contribution in [3.8, 4) is 0 Å². The van der Waals surface area contributed by atoms with Crippen LogP contribution in [0.1, 0.15) is 28.0 Å². The number of fused-ring (bicyclic) bond motifs is 3.